The van der Waals surface area contributed by atoms with E-state index in [4.69, 9.17) is 9.47 Å². The van der Waals surface area contributed by atoms with E-state index in [2.05, 4.69) is 5.32 Å². The molecule has 9 heteroatoms. The van der Waals surface area contributed by atoms with Crippen LogP contribution in [0.3, 0.4) is 0 Å². The van der Waals surface area contributed by atoms with Gasteiger partial charge in [-0.2, -0.15) is 4.31 Å². The van der Waals surface area contributed by atoms with Gasteiger partial charge in [-0.1, -0.05) is 12.5 Å². The molecule has 1 fully saturated rings. The average molecular weight is 477 g/mol. The maximum atomic E-state index is 13.1. The number of fused-ring (bicyclic) bond motifs is 1. The van der Waals surface area contributed by atoms with Crippen LogP contribution in [0.1, 0.15) is 31.2 Å². The lowest BCUT2D eigenvalue weighted by atomic mass is 10.2. The molecule has 0 aliphatic carbocycles. The van der Waals surface area contributed by atoms with Crippen LogP contribution in [-0.2, 0) is 14.8 Å². The number of piperidine rings is 1. The first kappa shape index (κ1) is 22.9. The molecular formula is C23H28N2O5S2. The second-order valence-corrected chi connectivity index (χ2v) is 10.9. The van der Waals surface area contributed by atoms with Crippen molar-refractivity contribution < 1.29 is 22.7 Å². The number of anilines is 1. The molecule has 2 aliphatic heterocycles. The molecule has 0 bridgehead atoms. The van der Waals surface area contributed by atoms with Gasteiger partial charge in [-0.15, -0.1) is 11.8 Å². The molecule has 2 heterocycles. The molecule has 1 amide bonds. The van der Waals surface area contributed by atoms with Crippen LogP contribution >= 0.6 is 11.8 Å². The third-order valence-electron chi connectivity index (χ3n) is 5.49. The first-order valence-electron chi connectivity index (χ1n) is 10.9. The van der Waals surface area contributed by atoms with E-state index in [1.165, 1.54) is 11.8 Å². The van der Waals surface area contributed by atoms with Crippen molar-refractivity contribution >= 4 is 33.4 Å². The molecule has 1 N–H and O–H groups in total. The van der Waals surface area contributed by atoms with Gasteiger partial charge in [0, 0.05) is 30.1 Å². The summed E-state index contributed by atoms with van der Waals surface area (Å²) in [6.45, 7) is 4.11. The zero-order valence-corrected chi connectivity index (χ0v) is 19.8. The summed E-state index contributed by atoms with van der Waals surface area (Å²) in [5.41, 5.74) is 1.16. The van der Waals surface area contributed by atoms with E-state index in [9.17, 15) is 13.2 Å². The number of ether oxygens (including phenoxy) is 2. The van der Waals surface area contributed by atoms with Crippen molar-refractivity contribution in [1.82, 2.24) is 4.31 Å². The summed E-state index contributed by atoms with van der Waals surface area (Å²) in [6.07, 6.45) is 3.66. The summed E-state index contributed by atoms with van der Waals surface area (Å²) in [5, 5.41) is 2.83. The van der Waals surface area contributed by atoms with Crippen LogP contribution in [-0.4, -0.2) is 50.7 Å². The summed E-state index contributed by atoms with van der Waals surface area (Å²) < 4.78 is 39.0. The number of benzene rings is 2. The van der Waals surface area contributed by atoms with Crippen molar-refractivity contribution in [2.45, 2.75) is 42.4 Å². The first-order chi connectivity index (χ1) is 15.4. The smallest absolute Gasteiger partial charge is 0.243 e. The van der Waals surface area contributed by atoms with Gasteiger partial charge in [0.1, 0.15) is 0 Å². The molecule has 0 unspecified atom stereocenters. The van der Waals surface area contributed by atoms with Crippen molar-refractivity contribution in [2.24, 2.45) is 0 Å². The molecule has 4 rings (SSSR count). The Labute approximate surface area is 193 Å². The van der Waals surface area contributed by atoms with Gasteiger partial charge in [-0.3, -0.25) is 4.79 Å². The third kappa shape index (κ3) is 5.39. The van der Waals surface area contributed by atoms with Crippen molar-refractivity contribution in [3.05, 3.63) is 42.0 Å². The predicted molar refractivity (Wildman–Crippen MR) is 125 cm³/mol. The van der Waals surface area contributed by atoms with E-state index in [0.29, 0.717) is 43.3 Å². The minimum absolute atomic E-state index is 0.196. The van der Waals surface area contributed by atoms with Crippen LogP contribution in [0.4, 0.5) is 5.69 Å². The highest BCUT2D eigenvalue weighted by molar-refractivity contribution is 8.00. The fourth-order valence-electron chi connectivity index (χ4n) is 3.78. The molecule has 0 spiro atoms. The number of thioether (sulfide) groups is 1. The summed E-state index contributed by atoms with van der Waals surface area (Å²) in [5.74, 6) is 1.41. The Morgan fingerprint density at radius 2 is 1.75 bits per heavy atom. The highest BCUT2D eigenvalue weighted by Crippen LogP contribution is 2.34. The summed E-state index contributed by atoms with van der Waals surface area (Å²) in [4.78, 5) is 13.7. The van der Waals surface area contributed by atoms with Crippen LogP contribution in [0, 0.1) is 6.92 Å². The number of carbonyl (C=O) groups is 1. The monoisotopic (exact) mass is 476 g/mol. The van der Waals surface area contributed by atoms with Crippen molar-refractivity contribution in [3.8, 4) is 11.5 Å². The van der Waals surface area contributed by atoms with Gasteiger partial charge in [-0.05, 0) is 55.7 Å². The number of rotatable bonds is 6. The lowest BCUT2D eigenvalue weighted by Gasteiger charge is -2.26. The van der Waals surface area contributed by atoms with E-state index < -0.39 is 10.0 Å². The molecule has 2 aromatic rings. The third-order valence-corrected chi connectivity index (χ3v) is 8.53. The summed E-state index contributed by atoms with van der Waals surface area (Å²) in [6, 6.07) is 10.7. The summed E-state index contributed by atoms with van der Waals surface area (Å²) in [7, 11) is -3.57. The van der Waals surface area contributed by atoms with E-state index in [1.807, 2.05) is 18.2 Å². The van der Waals surface area contributed by atoms with Crippen molar-refractivity contribution in [3.63, 3.8) is 0 Å². The lowest BCUT2D eigenvalue weighted by molar-refractivity contribution is -0.113. The van der Waals surface area contributed by atoms with E-state index in [1.54, 1.807) is 29.4 Å². The topological polar surface area (TPSA) is 84.9 Å². The summed E-state index contributed by atoms with van der Waals surface area (Å²) >= 11 is 1.39. The van der Waals surface area contributed by atoms with Gasteiger partial charge in [-0.25, -0.2) is 8.42 Å². The quantitative estimate of drug-likeness (QED) is 0.633. The van der Waals surface area contributed by atoms with Gasteiger partial charge < -0.3 is 14.8 Å². The van der Waals surface area contributed by atoms with E-state index in [-0.39, 0.29) is 16.6 Å². The highest BCUT2D eigenvalue weighted by atomic mass is 32.2. The Morgan fingerprint density at radius 3 is 2.53 bits per heavy atom. The molecule has 0 aromatic heterocycles. The van der Waals surface area contributed by atoms with E-state index >= 15 is 0 Å². The van der Waals surface area contributed by atoms with Gasteiger partial charge in [0.05, 0.1) is 23.9 Å². The van der Waals surface area contributed by atoms with Crippen LogP contribution < -0.4 is 14.8 Å². The molecule has 172 valence electrons. The normalized spacial score (nSPS) is 16.9. The standard InChI is InChI=1S/C23H28N2O5S2/c1-17-6-7-18(14-22(17)32(27,28)25-10-3-2-4-11-25)24-23(26)16-31-19-8-9-20-21(15-19)30-13-5-12-29-20/h6-9,14-15H,2-5,10-13,16H2,1H3,(H,24,26). The van der Waals surface area contributed by atoms with Crippen molar-refractivity contribution in [1.29, 1.82) is 0 Å². The number of nitrogens with one attached hydrogen (secondary N) is 1. The van der Waals surface area contributed by atoms with E-state index in [0.717, 1.165) is 36.3 Å². The highest BCUT2D eigenvalue weighted by Gasteiger charge is 2.27. The number of nitrogens with zero attached hydrogens (tertiary/aromatic N) is 1. The number of hydrogen-bond acceptors (Lipinski definition) is 6. The van der Waals surface area contributed by atoms with Gasteiger partial charge >= 0.3 is 0 Å². The predicted octanol–water partition coefficient (Wildman–Crippen LogP) is 4.06. The number of sulfonamides is 1. The SMILES string of the molecule is Cc1ccc(NC(=O)CSc2ccc3c(c2)OCCCO3)cc1S(=O)(=O)N1CCCCC1. The Hall–Kier alpha value is -2.23. The fraction of sp³-hybridized carbons (Fsp3) is 0.435. The van der Waals surface area contributed by atoms with Gasteiger partial charge in [0.2, 0.25) is 15.9 Å². The first-order valence-corrected chi connectivity index (χ1v) is 13.3. The van der Waals surface area contributed by atoms with Crippen LogP contribution in [0.15, 0.2) is 46.2 Å². The van der Waals surface area contributed by atoms with Crippen LogP contribution in [0.5, 0.6) is 11.5 Å². The second-order valence-electron chi connectivity index (χ2n) is 7.94. The number of aryl methyl sites for hydroxylation is 1. The molecule has 2 aromatic carbocycles. The molecule has 2 aliphatic rings. The lowest BCUT2D eigenvalue weighted by Crippen LogP contribution is -2.36. The zero-order valence-electron chi connectivity index (χ0n) is 18.1. The molecule has 1 saturated heterocycles. The van der Waals surface area contributed by atoms with Gasteiger partial charge in [0.15, 0.2) is 11.5 Å². The Morgan fingerprint density at radius 1 is 1.00 bits per heavy atom. The Balaban J connectivity index is 1.40. The molecule has 32 heavy (non-hydrogen) atoms. The molecule has 7 nitrogen and oxygen atoms in total. The minimum atomic E-state index is -3.57. The molecule has 0 radical (unpaired) electrons. The number of amides is 1. The molecular weight excluding hydrogens is 448 g/mol. The molecule has 0 saturated carbocycles. The minimum Gasteiger partial charge on any atom is -0.490 e. The zero-order chi connectivity index (χ0) is 22.6. The Kier molecular flexibility index (Phi) is 7.27. The van der Waals surface area contributed by atoms with Crippen molar-refractivity contribution in [2.75, 3.05) is 37.4 Å². The maximum Gasteiger partial charge on any atom is 0.243 e. The second kappa shape index (κ2) is 10.1. The molecule has 0 atom stereocenters. The van der Waals surface area contributed by atoms with Crippen LogP contribution in [0.2, 0.25) is 0 Å². The number of hydrogen-bond donors (Lipinski definition) is 1. The largest absolute Gasteiger partial charge is 0.490 e. The Bertz CT molecular complexity index is 1080. The maximum absolute atomic E-state index is 13.1. The number of carbonyl (C=O) groups excluding carboxylic acids is 1. The average Bonchev–Trinajstić information content (AvgIpc) is 3.04. The van der Waals surface area contributed by atoms with Gasteiger partial charge in [0.25, 0.3) is 0 Å². The van der Waals surface area contributed by atoms with Crippen LogP contribution in [0.25, 0.3) is 0 Å². The fourth-order valence-corrected chi connectivity index (χ4v) is 6.27.